The standard InChI is InChI=1S/C25H31N3O5/c1-14-4-7-19-24(2,9-8-20(30)25(19,3)13-29)18(14)6-5-15-10-17(33-22(15)32)11-16-12-27-23(26)28-21(16)31/h5-6,10-12,18-20,29-30H,1,4,7-9,13H2,2-3H3,(H3,26,27,28,31)/b6-5+,17-11+/t18?,19?,20-,24+,25-/m0/s1. The summed E-state index contributed by atoms with van der Waals surface area (Å²) in [5, 5.41) is 20.8. The highest BCUT2D eigenvalue weighted by Gasteiger charge is 2.57. The maximum absolute atomic E-state index is 12.4. The molecule has 4 rings (SSSR count). The zero-order chi connectivity index (χ0) is 24.0. The predicted molar refractivity (Wildman–Crippen MR) is 124 cm³/mol. The number of fused-ring (bicyclic) bond motifs is 1. The number of ether oxygens (including phenoxy) is 1. The van der Waals surface area contributed by atoms with E-state index in [1.165, 1.54) is 12.3 Å². The Kier molecular flexibility index (Phi) is 5.92. The lowest BCUT2D eigenvalue weighted by molar-refractivity contribution is -0.145. The second-order valence-corrected chi connectivity index (χ2v) is 9.90. The van der Waals surface area contributed by atoms with Crippen molar-refractivity contribution in [3.63, 3.8) is 0 Å². The molecule has 1 aromatic rings. The van der Waals surface area contributed by atoms with E-state index in [1.807, 2.05) is 13.0 Å². The summed E-state index contributed by atoms with van der Waals surface area (Å²) in [6, 6.07) is 0. The summed E-state index contributed by atoms with van der Waals surface area (Å²) in [6.45, 7) is 8.40. The van der Waals surface area contributed by atoms with E-state index in [0.717, 1.165) is 24.8 Å². The number of aromatic amines is 1. The summed E-state index contributed by atoms with van der Waals surface area (Å²) >= 11 is 0. The first kappa shape index (κ1) is 23.2. The fraction of sp³-hybridized carbons (Fsp3) is 0.480. The molecule has 1 aromatic heterocycles. The van der Waals surface area contributed by atoms with Gasteiger partial charge in [-0.05, 0) is 49.2 Å². The van der Waals surface area contributed by atoms with E-state index >= 15 is 0 Å². The minimum absolute atomic E-state index is 0.000461. The Morgan fingerprint density at radius 1 is 1.36 bits per heavy atom. The molecule has 0 amide bonds. The molecule has 176 valence electrons. The van der Waals surface area contributed by atoms with Crippen molar-refractivity contribution in [2.24, 2.45) is 22.7 Å². The van der Waals surface area contributed by atoms with Crippen molar-refractivity contribution in [3.05, 3.63) is 63.8 Å². The van der Waals surface area contributed by atoms with Crippen LogP contribution in [0.4, 0.5) is 5.95 Å². The lowest BCUT2D eigenvalue weighted by Gasteiger charge is -2.59. The number of allylic oxidation sites excluding steroid dienone is 3. The topological polar surface area (TPSA) is 139 Å². The van der Waals surface area contributed by atoms with Crippen LogP contribution in [-0.2, 0) is 9.53 Å². The zero-order valence-electron chi connectivity index (χ0n) is 19.0. The summed E-state index contributed by atoms with van der Waals surface area (Å²) in [5.74, 6) is -0.113. The molecule has 2 unspecified atom stereocenters. The zero-order valence-corrected chi connectivity index (χ0v) is 19.0. The molecule has 8 nitrogen and oxygen atoms in total. The van der Waals surface area contributed by atoms with E-state index in [2.05, 4.69) is 23.5 Å². The van der Waals surface area contributed by atoms with E-state index in [1.54, 1.807) is 12.2 Å². The van der Waals surface area contributed by atoms with Crippen LogP contribution >= 0.6 is 0 Å². The SMILES string of the molecule is C=C1CCC2[C@](C)(CC[C@H](O)[C@@]2(C)CO)C1/C=C/C1=CC(=C\c2cnc(N)[nH]c2=O)/OC1=O. The number of anilines is 1. The van der Waals surface area contributed by atoms with Crippen LogP contribution in [0.25, 0.3) is 6.08 Å². The number of esters is 1. The largest absolute Gasteiger partial charge is 0.423 e. The van der Waals surface area contributed by atoms with Gasteiger partial charge in [-0.25, -0.2) is 9.78 Å². The minimum Gasteiger partial charge on any atom is -0.423 e. The van der Waals surface area contributed by atoms with Crippen LogP contribution in [0.2, 0.25) is 0 Å². The monoisotopic (exact) mass is 453 g/mol. The molecular weight excluding hydrogens is 422 g/mol. The number of aliphatic hydroxyl groups excluding tert-OH is 2. The molecule has 2 heterocycles. The van der Waals surface area contributed by atoms with Gasteiger partial charge in [0.2, 0.25) is 0 Å². The maximum atomic E-state index is 12.4. The second-order valence-electron chi connectivity index (χ2n) is 9.90. The Hall–Kier alpha value is -2.97. The van der Waals surface area contributed by atoms with Crippen LogP contribution < -0.4 is 11.3 Å². The Labute approximate surface area is 192 Å². The molecule has 0 radical (unpaired) electrons. The number of hydrogen-bond donors (Lipinski definition) is 4. The highest BCUT2D eigenvalue weighted by Crippen LogP contribution is 2.61. The number of cyclic esters (lactones) is 1. The lowest BCUT2D eigenvalue weighted by atomic mass is 9.46. The number of rotatable bonds is 4. The second kappa shape index (κ2) is 8.43. The summed E-state index contributed by atoms with van der Waals surface area (Å²) in [4.78, 5) is 30.7. The van der Waals surface area contributed by atoms with Crippen LogP contribution in [0.3, 0.4) is 0 Å². The average molecular weight is 454 g/mol. The van der Waals surface area contributed by atoms with Gasteiger partial charge in [0.05, 0.1) is 23.8 Å². The maximum Gasteiger partial charge on any atom is 0.343 e. The van der Waals surface area contributed by atoms with Gasteiger partial charge in [0.15, 0.2) is 5.95 Å². The number of nitrogens with one attached hydrogen (secondary N) is 1. The van der Waals surface area contributed by atoms with Crippen molar-refractivity contribution < 1.29 is 19.7 Å². The number of carbonyl (C=O) groups is 1. The van der Waals surface area contributed by atoms with Crippen LogP contribution in [0.5, 0.6) is 0 Å². The summed E-state index contributed by atoms with van der Waals surface area (Å²) in [6.07, 6.45) is 10.7. The number of nitrogens with zero attached hydrogens (tertiary/aromatic N) is 1. The molecule has 2 aliphatic carbocycles. The van der Waals surface area contributed by atoms with Gasteiger partial charge >= 0.3 is 5.97 Å². The van der Waals surface area contributed by atoms with E-state index in [9.17, 15) is 19.8 Å². The smallest absolute Gasteiger partial charge is 0.343 e. The molecule has 8 heteroatoms. The van der Waals surface area contributed by atoms with Crippen molar-refractivity contribution >= 4 is 18.0 Å². The fourth-order valence-corrected chi connectivity index (χ4v) is 5.96. The van der Waals surface area contributed by atoms with Crippen LogP contribution in [0, 0.1) is 22.7 Å². The number of nitrogens with two attached hydrogens (primary N) is 1. The van der Waals surface area contributed by atoms with Gasteiger partial charge in [-0.2, -0.15) is 0 Å². The highest BCUT2D eigenvalue weighted by molar-refractivity contribution is 5.96. The summed E-state index contributed by atoms with van der Waals surface area (Å²) < 4.78 is 5.30. The van der Waals surface area contributed by atoms with Crippen LogP contribution in [0.15, 0.2) is 52.7 Å². The van der Waals surface area contributed by atoms with Gasteiger partial charge in [0.25, 0.3) is 5.56 Å². The van der Waals surface area contributed by atoms with Crippen LogP contribution in [0.1, 0.15) is 45.1 Å². The van der Waals surface area contributed by atoms with Gasteiger partial charge in [-0.3, -0.25) is 9.78 Å². The lowest BCUT2D eigenvalue weighted by Crippen LogP contribution is -2.57. The molecule has 3 aliphatic rings. The van der Waals surface area contributed by atoms with Gasteiger partial charge in [0, 0.05) is 17.5 Å². The van der Waals surface area contributed by atoms with Gasteiger partial charge in [0.1, 0.15) is 5.76 Å². The predicted octanol–water partition coefficient (Wildman–Crippen LogP) is 2.47. The molecule has 2 fully saturated rings. The fourth-order valence-electron chi connectivity index (χ4n) is 5.96. The molecule has 0 aromatic carbocycles. The third kappa shape index (κ3) is 3.98. The van der Waals surface area contributed by atoms with Crippen molar-refractivity contribution in [1.29, 1.82) is 0 Å². The van der Waals surface area contributed by atoms with E-state index in [-0.39, 0.29) is 41.1 Å². The van der Waals surface area contributed by atoms with Crippen molar-refractivity contribution in [2.75, 3.05) is 12.3 Å². The number of carbonyl (C=O) groups excluding carboxylic acids is 1. The quantitative estimate of drug-likeness (QED) is 0.406. The minimum atomic E-state index is -0.568. The Balaban J connectivity index is 1.61. The average Bonchev–Trinajstić information content (AvgIpc) is 3.11. The first-order chi connectivity index (χ1) is 15.6. The summed E-state index contributed by atoms with van der Waals surface area (Å²) in [5.41, 5.74) is 5.98. The van der Waals surface area contributed by atoms with Crippen molar-refractivity contribution in [2.45, 2.75) is 45.6 Å². The molecule has 1 aliphatic heterocycles. The molecule has 0 saturated heterocycles. The number of aromatic nitrogens is 2. The highest BCUT2D eigenvalue weighted by atomic mass is 16.5. The molecular formula is C25H31N3O5. The van der Waals surface area contributed by atoms with E-state index in [4.69, 9.17) is 10.5 Å². The van der Waals surface area contributed by atoms with Crippen molar-refractivity contribution in [3.8, 4) is 0 Å². The Morgan fingerprint density at radius 3 is 2.82 bits per heavy atom. The Bertz CT molecular complexity index is 1130. The van der Waals surface area contributed by atoms with Gasteiger partial charge in [-0.1, -0.05) is 38.2 Å². The number of aliphatic hydroxyl groups is 2. The van der Waals surface area contributed by atoms with Gasteiger partial charge < -0.3 is 20.7 Å². The first-order valence-electron chi connectivity index (χ1n) is 11.2. The number of nitrogen functional groups attached to an aromatic ring is 1. The van der Waals surface area contributed by atoms with E-state index in [0.29, 0.717) is 12.0 Å². The molecule has 33 heavy (non-hydrogen) atoms. The molecule has 0 spiro atoms. The van der Waals surface area contributed by atoms with Crippen LogP contribution in [-0.4, -0.2) is 38.9 Å². The third-order valence-electron chi connectivity index (χ3n) is 7.91. The molecule has 2 saturated carbocycles. The Morgan fingerprint density at radius 2 is 2.12 bits per heavy atom. The first-order valence-corrected chi connectivity index (χ1v) is 11.2. The third-order valence-corrected chi connectivity index (χ3v) is 7.91. The molecule has 5 N–H and O–H groups in total. The number of H-pyrrole nitrogens is 1. The van der Waals surface area contributed by atoms with Crippen molar-refractivity contribution in [1.82, 2.24) is 9.97 Å². The normalized spacial score (nSPS) is 35.6. The number of hydrogen-bond acceptors (Lipinski definition) is 7. The van der Waals surface area contributed by atoms with E-state index < -0.39 is 23.0 Å². The van der Waals surface area contributed by atoms with Gasteiger partial charge in [-0.15, -0.1) is 0 Å². The molecule has 5 atom stereocenters. The molecule has 0 bridgehead atoms. The summed E-state index contributed by atoms with van der Waals surface area (Å²) in [7, 11) is 0.